The number of hydrogen-bond acceptors (Lipinski definition) is 2. The lowest BCUT2D eigenvalue weighted by molar-refractivity contribution is 0.857. The number of rotatable bonds is 1. The van der Waals surface area contributed by atoms with Crippen molar-refractivity contribution in [3.8, 4) is 0 Å². The van der Waals surface area contributed by atoms with Crippen LogP contribution < -0.4 is 0 Å². The molecule has 0 amide bonds. The summed E-state index contributed by atoms with van der Waals surface area (Å²) >= 11 is 5.30. The van der Waals surface area contributed by atoms with Gasteiger partial charge < -0.3 is 0 Å². The van der Waals surface area contributed by atoms with Crippen LogP contribution in [0.1, 0.15) is 30.3 Å². The van der Waals surface area contributed by atoms with Gasteiger partial charge in [-0.15, -0.1) is 11.3 Å². The van der Waals surface area contributed by atoms with Gasteiger partial charge >= 0.3 is 0 Å². The van der Waals surface area contributed by atoms with Crippen LogP contribution >= 0.6 is 27.3 Å². The Labute approximate surface area is 96.3 Å². The first-order valence-electron chi connectivity index (χ1n) is 4.64. The molecule has 14 heavy (non-hydrogen) atoms. The van der Waals surface area contributed by atoms with E-state index in [1.54, 1.807) is 0 Å². The van der Waals surface area contributed by atoms with E-state index in [2.05, 4.69) is 53.8 Å². The lowest BCUT2D eigenvalue weighted by Crippen LogP contribution is -1.82. The predicted octanol–water partition coefficient (Wildman–Crippen LogP) is 4.49. The molecule has 3 heteroatoms. The van der Waals surface area contributed by atoms with Crippen molar-refractivity contribution in [2.24, 2.45) is 0 Å². The van der Waals surface area contributed by atoms with Crippen LogP contribution in [0.3, 0.4) is 0 Å². The molecule has 1 aromatic heterocycles. The molecule has 0 aliphatic carbocycles. The van der Waals surface area contributed by atoms with Crippen LogP contribution in [0.15, 0.2) is 16.6 Å². The lowest BCUT2D eigenvalue weighted by Gasteiger charge is -1.94. The third kappa shape index (κ3) is 1.71. The van der Waals surface area contributed by atoms with Gasteiger partial charge in [0.25, 0.3) is 0 Å². The monoisotopic (exact) mass is 269 g/mol. The summed E-state index contributed by atoms with van der Waals surface area (Å²) in [5.74, 6) is 0.519. The topological polar surface area (TPSA) is 12.9 Å². The van der Waals surface area contributed by atoms with E-state index in [-0.39, 0.29) is 0 Å². The summed E-state index contributed by atoms with van der Waals surface area (Å²) in [4.78, 5) is 4.62. The van der Waals surface area contributed by atoms with Crippen molar-refractivity contribution in [2.75, 3.05) is 0 Å². The van der Waals surface area contributed by atoms with Crippen molar-refractivity contribution in [3.05, 3.63) is 27.2 Å². The maximum Gasteiger partial charge on any atom is 0.0964 e. The standard InChI is InChI=1S/C11H12BrNS/c1-6(2)11-13-9-5-8(12)4-7(3)10(9)14-11/h4-6H,1-3H3. The zero-order valence-corrected chi connectivity index (χ0v) is 10.9. The van der Waals surface area contributed by atoms with Gasteiger partial charge in [-0.25, -0.2) is 4.98 Å². The van der Waals surface area contributed by atoms with Crippen molar-refractivity contribution in [1.82, 2.24) is 4.98 Å². The molecule has 0 spiro atoms. The fraction of sp³-hybridized carbons (Fsp3) is 0.364. The van der Waals surface area contributed by atoms with Gasteiger partial charge in [-0.05, 0) is 24.6 Å². The Morgan fingerprint density at radius 3 is 2.71 bits per heavy atom. The molecule has 0 fully saturated rings. The molecule has 1 nitrogen and oxygen atoms in total. The van der Waals surface area contributed by atoms with Gasteiger partial charge in [0.05, 0.1) is 15.2 Å². The van der Waals surface area contributed by atoms with E-state index >= 15 is 0 Å². The highest BCUT2D eigenvalue weighted by molar-refractivity contribution is 9.10. The number of aromatic nitrogens is 1. The molecule has 0 unspecified atom stereocenters. The van der Waals surface area contributed by atoms with E-state index in [4.69, 9.17) is 0 Å². The van der Waals surface area contributed by atoms with Crippen molar-refractivity contribution >= 4 is 37.5 Å². The molecule has 2 aromatic rings. The normalized spacial score (nSPS) is 11.5. The predicted molar refractivity (Wildman–Crippen MR) is 66.1 cm³/mol. The number of thiazole rings is 1. The van der Waals surface area contributed by atoms with E-state index in [9.17, 15) is 0 Å². The molecule has 0 N–H and O–H groups in total. The molecular formula is C11H12BrNS. The van der Waals surface area contributed by atoms with Gasteiger partial charge in [-0.2, -0.15) is 0 Å². The molecular weight excluding hydrogens is 258 g/mol. The molecule has 0 atom stereocenters. The Kier molecular flexibility index (Phi) is 2.62. The summed E-state index contributed by atoms with van der Waals surface area (Å²) in [7, 11) is 0. The highest BCUT2D eigenvalue weighted by Gasteiger charge is 2.09. The van der Waals surface area contributed by atoms with Crippen molar-refractivity contribution in [1.29, 1.82) is 0 Å². The smallest absolute Gasteiger partial charge is 0.0964 e. The Morgan fingerprint density at radius 2 is 2.07 bits per heavy atom. The fourth-order valence-electron chi connectivity index (χ4n) is 1.42. The molecule has 0 saturated carbocycles. The minimum absolute atomic E-state index is 0.519. The summed E-state index contributed by atoms with van der Waals surface area (Å²) < 4.78 is 2.43. The van der Waals surface area contributed by atoms with Gasteiger partial charge in [0.2, 0.25) is 0 Å². The molecule has 0 saturated heterocycles. The minimum atomic E-state index is 0.519. The third-order valence-corrected chi connectivity index (χ3v) is 4.12. The second-order valence-corrected chi connectivity index (χ2v) is 5.72. The van der Waals surface area contributed by atoms with Gasteiger partial charge in [-0.3, -0.25) is 0 Å². The molecule has 0 radical (unpaired) electrons. The van der Waals surface area contributed by atoms with Gasteiger partial charge in [-0.1, -0.05) is 29.8 Å². The first kappa shape index (κ1) is 10.1. The van der Waals surface area contributed by atoms with E-state index in [1.807, 2.05) is 11.3 Å². The molecule has 0 aliphatic heterocycles. The zero-order chi connectivity index (χ0) is 10.3. The van der Waals surface area contributed by atoms with Crippen molar-refractivity contribution in [3.63, 3.8) is 0 Å². The second-order valence-electron chi connectivity index (χ2n) is 3.78. The van der Waals surface area contributed by atoms with Crippen LogP contribution in [0.4, 0.5) is 0 Å². The molecule has 0 aliphatic rings. The fourth-order valence-corrected chi connectivity index (χ4v) is 3.00. The molecule has 74 valence electrons. The van der Waals surface area contributed by atoms with E-state index in [1.165, 1.54) is 15.3 Å². The molecule has 1 aromatic carbocycles. The van der Waals surface area contributed by atoms with Crippen LogP contribution in [0.5, 0.6) is 0 Å². The van der Waals surface area contributed by atoms with Crippen LogP contribution in [0, 0.1) is 6.92 Å². The highest BCUT2D eigenvalue weighted by Crippen LogP contribution is 2.31. The maximum atomic E-state index is 4.62. The second kappa shape index (κ2) is 3.63. The van der Waals surface area contributed by atoms with Gasteiger partial charge in [0.1, 0.15) is 0 Å². The average molecular weight is 270 g/mol. The SMILES string of the molecule is Cc1cc(Br)cc2nc(C(C)C)sc12. The van der Waals surface area contributed by atoms with Crippen molar-refractivity contribution in [2.45, 2.75) is 26.7 Å². The number of aryl methyl sites for hydroxylation is 1. The first-order valence-corrected chi connectivity index (χ1v) is 6.25. The number of halogens is 1. The summed E-state index contributed by atoms with van der Waals surface area (Å²) in [5, 5.41) is 1.22. The number of fused-ring (bicyclic) bond motifs is 1. The quantitative estimate of drug-likeness (QED) is 0.744. The van der Waals surface area contributed by atoms with E-state index in [0.717, 1.165) is 9.99 Å². The Bertz CT molecular complexity index is 473. The number of hydrogen-bond donors (Lipinski definition) is 0. The van der Waals surface area contributed by atoms with Crippen molar-refractivity contribution < 1.29 is 0 Å². The van der Waals surface area contributed by atoms with E-state index < -0.39 is 0 Å². The van der Waals surface area contributed by atoms with Crippen LogP contribution in [-0.2, 0) is 0 Å². The summed E-state index contributed by atoms with van der Waals surface area (Å²) in [6.45, 7) is 6.50. The number of nitrogens with zero attached hydrogens (tertiary/aromatic N) is 1. The Morgan fingerprint density at radius 1 is 1.36 bits per heavy atom. The Hall–Kier alpha value is -0.410. The summed E-state index contributed by atoms with van der Waals surface area (Å²) in [5.41, 5.74) is 2.42. The Balaban J connectivity index is 2.70. The molecule has 1 heterocycles. The zero-order valence-electron chi connectivity index (χ0n) is 8.47. The van der Waals surface area contributed by atoms with Crippen LogP contribution in [0.25, 0.3) is 10.2 Å². The van der Waals surface area contributed by atoms with Crippen LogP contribution in [0.2, 0.25) is 0 Å². The average Bonchev–Trinajstić information content (AvgIpc) is 2.47. The summed E-state index contributed by atoms with van der Waals surface area (Å²) in [6.07, 6.45) is 0. The lowest BCUT2D eigenvalue weighted by atomic mass is 10.2. The summed E-state index contributed by atoms with van der Waals surface area (Å²) in [6, 6.07) is 4.23. The third-order valence-electron chi connectivity index (χ3n) is 2.15. The first-order chi connectivity index (χ1) is 6.58. The van der Waals surface area contributed by atoms with Gasteiger partial charge in [0.15, 0.2) is 0 Å². The molecule has 2 rings (SSSR count). The van der Waals surface area contributed by atoms with E-state index in [0.29, 0.717) is 5.92 Å². The van der Waals surface area contributed by atoms with Crippen LogP contribution in [-0.4, -0.2) is 4.98 Å². The van der Waals surface area contributed by atoms with Gasteiger partial charge in [0, 0.05) is 10.4 Å². The minimum Gasteiger partial charge on any atom is -0.241 e. The largest absolute Gasteiger partial charge is 0.241 e. The molecule has 0 bridgehead atoms. The number of benzene rings is 1. The highest BCUT2D eigenvalue weighted by atomic mass is 79.9. The maximum absolute atomic E-state index is 4.62.